The second-order valence-electron chi connectivity index (χ2n) is 5.29. The van der Waals surface area contributed by atoms with E-state index in [1.165, 1.54) is 18.9 Å². The normalized spacial score (nSPS) is 10.2. The number of hydrogen-bond acceptors (Lipinski definition) is 3. The lowest BCUT2D eigenvalue weighted by atomic mass is 10.2. The molecule has 0 fully saturated rings. The number of ether oxygens (including phenoxy) is 1. The quantitative estimate of drug-likeness (QED) is 0.899. The zero-order chi connectivity index (χ0) is 17.7. The highest BCUT2D eigenvalue weighted by molar-refractivity contribution is 6.31. The first-order valence-electron chi connectivity index (χ1n) is 7.39. The molecule has 0 heterocycles. The van der Waals surface area contributed by atoms with Crippen LogP contribution in [0.5, 0.6) is 5.75 Å². The van der Waals surface area contributed by atoms with Gasteiger partial charge in [0.25, 0.3) is 0 Å². The minimum absolute atomic E-state index is 0.123. The number of rotatable bonds is 5. The Balaban J connectivity index is 2.25. The highest BCUT2D eigenvalue weighted by atomic mass is 35.5. The van der Waals surface area contributed by atoms with Gasteiger partial charge in [0.1, 0.15) is 12.3 Å². The van der Waals surface area contributed by atoms with Crippen molar-refractivity contribution in [3.05, 3.63) is 53.1 Å². The standard InChI is InChI=1S/C18H19ClN2O3/c1-12-9-16(17(24-3)10-15(12)19)21(13(2)22)11-18(23)20-14-7-5-4-6-8-14/h4-10H,11H2,1-3H3,(H,20,23). The minimum Gasteiger partial charge on any atom is -0.495 e. The second kappa shape index (κ2) is 7.84. The van der Waals surface area contributed by atoms with Gasteiger partial charge in [-0.1, -0.05) is 29.8 Å². The molecule has 0 unspecified atom stereocenters. The van der Waals surface area contributed by atoms with Crippen molar-refractivity contribution in [2.45, 2.75) is 13.8 Å². The maximum absolute atomic E-state index is 12.3. The van der Waals surface area contributed by atoms with E-state index in [4.69, 9.17) is 16.3 Å². The molecule has 126 valence electrons. The van der Waals surface area contributed by atoms with Crippen molar-refractivity contribution in [1.29, 1.82) is 0 Å². The molecule has 0 saturated carbocycles. The van der Waals surface area contributed by atoms with Gasteiger partial charge in [-0.3, -0.25) is 14.5 Å². The van der Waals surface area contributed by atoms with E-state index in [2.05, 4.69) is 5.32 Å². The smallest absolute Gasteiger partial charge is 0.244 e. The molecule has 0 spiro atoms. The number of nitrogens with one attached hydrogen (secondary N) is 1. The van der Waals surface area contributed by atoms with Gasteiger partial charge in [0.15, 0.2) is 0 Å². The zero-order valence-corrected chi connectivity index (χ0v) is 14.6. The van der Waals surface area contributed by atoms with Crippen LogP contribution in [0.1, 0.15) is 12.5 Å². The van der Waals surface area contributed by atoms with Gasteiger partial charge < -0.3 is 10.1 Å². The number of halogens is 1. The van der Waals surface area contributed by atoms with Gasteiger partial charge in [-0.2, -0.15) is 0 Å². The summed E-state index contributed by atoms with van der Waals surface area (Å²) < 4.78 is 5.30. The summed E-state index contributed by atoms with van der Waals surface area (Å²) in [6, 6.07) is 12.4. The van der Waals surface area contributed by atoms with E-state index in [9.17, 15) is 9.59 Å². The molecule has 0 radical (unpaired) electrons. The fraction of sp³-hybridized carbons (Fsp3) is 0.222. The van der Waals surface area contributed by atoms with Crippen molar-refractivity contribution in [2.75, 3.05) is 23.9 Å². The predicted octanol–water partition coefficient (Wildman–Crippen LogP) is 3.65. The second-order valence-corrected chi connectivity index (χ2v) is 5.70. The number of para-hydroxylation sites is 1. The van der Waals surface area contributed by atoms with Crippen LogP contribution in [-0.4, -0.2) is 25.5 Å². The van der Waals surface area contributed by atoms with Gasteiger partial charge in [0, 0.05) is 23.7 Å². The average Bonchev–Trinajstić information content (AvgIpc) is 2.55. The number of carbonyl (C=O) groups excluding carboxylic acids is 2. The van der Waals surface area contributed by atoms with Crippen LogP contribution < -0.4 is 15.0 Å². The van der Waals surface area contributed by atoms with Crippen molar-refractivity contribution in [2.24, 2.45) is 0 Å². The van der Waals surface area contributed by atoms with Crippen LogP contribution in [0.15, 0.2) is 42.5 Å². The van der Waals surface area contributed by atoms with Crippen LogP contribution in [0, 0.1) is 6.92 Å². The minimum atomic E-state index is -0.300. The third-order valence-electron chi connectivity index (χ3n) is 3.49. The Labute approximate surface area is 146 Å². The number of amides is 2. The van der Waals surface area contributed by atoms with Crippen LogP contribution >= 0.6 is 11.6 Å². The van der Waals surface area contributed by atoms with E-state index in [0.29, 0.717) is 22.1 Å². The Hall–Kier alpha value is -2.53. The lowest BCUT2D eigenvalue weighted by molar-refractivity contribution is -0.120. The van der Waals surface area contributed by atoms with Crippen LogP contribution in [0.2, 0.25) is 5.02 Å². The lowest BCUT2D eigenvalue weighted by Crippen LogP contribution is -2.37. The van der Waals surface area contributed by atoms with Gasteiger partial charge in [0.2, 0.25) is 11.8 Å². The summed E-state index contributed by atoms with van der Waals surface area (Å²) >= 11 is 6.10. The number of carbonyl (C=O) groups is 2. The van der Waals surface area contributed by atoms with Crippen molar-refractivity contribution in [3.63, 3.8) is 0 Å². The Morgan fingerprint density at radius 2 is 1.88 bits per heavy atom. The maximum Gasteiger partial charge on any atom is 0.244 e. The van der Waals surface area contributed by atoms with Crippen LogP contribution in [0.25, 0.3) is 0 Å². The molecule has 0 saturated heterocycles. The topological polar surface area (TPSA) is 58.6 Å². The summed E-state index contributed by atoms with van der Waals surface area (Å²) in [4.78, 5) is 25.7. The molecule has 0 aliphatic carbocycles. The van der Waals surface area contributed by atoms with E-state index in [1.54, 1.807) is 24.3 Å². The van der Waals surface area contributed by atoms with Crippen LogP contribution in [-0.2, 0) is 9.59 Å². The molecule has 0 atom stereocenters. The molecule has 0 bridgehead atoms. The molecular formula is C18H19ClN2O3. The number of aryl methyl sites for hydroxylation is 1. The SMILES string of the molecule is COc1cc(Cl)c(C)cc1N(CC(=O)Nc1ccccc1)C(C)=O. The van der Waals surface area contributed by atoms with Crippen molar-refractivity contribution >= 4 is 34.8 Å². The number of nitrogens with zero attached hydrogens (tertiary/aromatic N) is 1. The predicted molar refractivity (Wildman–Crippen MR) is 95.8 cm³/mol. The van der Waals surface area contributed by atoms with Crippen molar-refractivity contribution in [3.8, 4) is 5.75 Å². The molecule has 0 aliphatic rings. The first-order chi connectivity index (χ1) is 11.4. The molecule has 5 nitrogen and oxygen atoms in total. The highest BCUT2D eigenvalue weighted by Gasteiger charge is 2.20. The Kier molecular flexibility index (Phi) is 5.82. The highest BCUT2D eigenvalue weighted by Crippen LogP contribution is 2.33. The third-order valence-corrected chi connectivity index (χ3v) is 3.90. The van der Waals surface area contributed by atoms with Crippen LogP contribution in [0.3, 0.4) is 0 Å². The summed E-state index contributed by atoms with van der Waals surface area (Å²) in [6.45, 7) is 3.11. The number of methoxy groups -OCH3 is 1. The molecular weight excluding hydrogens is 328 g/mol. The van der Waals surface area contributed by atoms with Crippen molar-refractivity contribution < 1.29 is 14.3 Å². The Morgan fingerprint density at radius 3 is 2.46 bits per heavy atom. The number of anilines is 2. The number of hydrogen-bond donors (Lipinski definition) is 1. The fourth-order valence-electron chi connectivity index (χ4n) is 2.25. The molecule has 2 aromatic carbocycles. The average molecular weight is 347 g/mol. The summed E-state index contributed by atoms with van der Waals surface area (Å²) in [5.74, 6) is -0.127. The first-order valence-corrected chi connectivity index (χ1v) is 7.77. The maximum atomic E-state index is 12.3. The Bertz CT molecular complexity index is 747. The molecule has 1 N–H and O–H groups in total. The fourth-order valence-corrected chi connectivity index (χ4v) is 2.41. The largest absolute Gasteiger partial charge is 0.495 e. The summed E-state index contributed by atoms with van der Waals surface area (Å²) in [6.07, 6.45) is 0. The summed E-state index contributed by atoms with van der Waals surface area (Å²) in [7, 11) is 1.49. The van der Waals surface area contributed by atoms with Crippen molar-refractivity contribution in [1.82, 2.24) is 0 Å². The molecule has 6 heteroatoms. The Morgan fingerprint density at radius 1 is 1.21 bits per heavy atom. The van der Waals surface area contributed by atoms with E-state index in [1.807, 2.05) is 25.1 Å². The van der Waals surface area contributed by atoms with Gasteiger partial charge in [0.05, 0.1) is 12.8 Å². The zero-order valence-electron chi connectivity index (χ0n) is 13.8. The molecule has 2 rings (SSSR count). The summed E-state index contributed by atoms with van der Waals surface area (Å²) in [5, 5.41) is 3.30. The van der Waals surface area contributed by atoms with E-state index < -0.39 is 0 Å². The monoisotopic (exact) mass is 346 g/mol. The first kappa shape index (κ1) is 17.8. The number of benzene rings is 2. The third kappa shape index (κ3) is 4.26. The van der Waals surface area contributed by atoms with Gasteiger partial charge in [-0.05, 0) is 30.7 Å². The summed E-state index contributed by atoms with van der Waals surface area (Å²) in [5.41, 5.74) is 1.97. The molecule has 24 heavy (non-hydrogen) atoms. The van der Waals surface area contributed by atoms with Gasteiger partial charge >= 0.3 is 0 Å². The van der Waals surface area contributed by atoms with E-state index in [-0.39, 0.29) is 18.4 Å². The molecule has 0 aliphatic heterocycles. The van der Waals surface area contributed by atoms with Crippen LogP contribution in [0.4, 0.5) is 11.4 Å². The molecule has 0 aromatic heterocycles. The lowest BCUT2D eigenvalue weighted by Gasteiger charge is -2.23. The van der Waals surface area contributed by atoms with Gasteiger partial charge in [-0.25, -0.2) is 0 Å². The van der Waals surface area contributed by atoms with Gasteiger partial charge in [-0.15, -0.1) is 0 Å². The van der Waals surface area contributed by atoms with E-state index >= 15 is 0 Å². The van der Waals surface area contributed by atoms with E-state index in [0.717, 1.165) is 5.56 Å². The molecule has 2 amide bonds. The molecule has 2 aromatic rings.